The zero-order chi connectivity index (χ0) is 19.8. The minimum Gasteiger partial charge on any atom is -0.493 e. The van der Waals surface area contributed by atoms with Crippen LogP contribution in [0.3, 0.4) is 0 Å². The van der Waals surface area contributed by atoms with Crippen LogP contribution in [0.5, 0.6) is 5.75 Å². The van der Waals surface area contributed by atoms with Crippen molar-refractivity contribution in [2.45, 2.75) is 52.4 Å². The standard InChI is InChI=1S/C21H24N6O/c1-11-7-16(28-6)20-23-17(14(4)26(20)10-11)21(5)8-15(21)18-24-19-13(3)22-9-12(2)27(19)25-18/h7,9-10,15H,8H2,1-6H3. The molecule has 144 valence electrons. The molecule has 2 atom stereocenters. The van der Waals surface area contributed by atoms with Crippen molar-refractivity contribution in [1.29, 1.82) is 0 Å². The zero-order valence-corrected chi connectivity index (χ0v) is 17.1. The van der Waals surface area contributed by atoms with Crippen LogP contribution >= 0.6 is 0 Å². The predicted octanol–water partition coefficient (Wildman–Crippen LogP) is 3.46. The van der Waals surface area contributed by atoms with E-state index in [0.717, 1.165) is 57.6 Å². The second kappa shape index (κ2) is 5.53. The smallest absolute Gasteiger partial charge is 0.180 e. The van der Waals surface area contributed by atoms with Crippen LogP contribution < -0.4 is 4.74 Å². The quantitative estimate of drug-likeness (QED) is 0.548. The molecule has 7 nitrogen and oxygen atoms in total. The molecule has 0 spiro atoms. The molecule has 0 radical (unpaired) electrons. The highest BCUT2D eigenvalue weighted by Crippen LogP contribution is 2.60. The van der Waals surface area contributed by atoms with Gasteiger partial charge in [-0.15, -0.1) is 0 Å². The molecule has 1 fully saturated rings. The fraction of sp³-hybridized carbons (Fsp3) is 0.429. The van der Waals surface area contributed by atoms with E-state index in [9.17, 15) is 0 Å². The van der Waals surface area contributed by atoms with Gasteiger partial charge in [-0.25, -0.2) is 14.5 Å². The van der Waals surface area contributed by atoms with E-state index in [1.807, 2.05) is 30.6 Å². The van der Waals surface area contributed by atoms with Crippen molar-refractivity contribution < 1.29 is 4.74 Å². The minimum atomic E-state index is -0.0742. The van der Waals surface area contributed by atoms with Gasteiger partial charge < -0.3 is 9.14 Å². The lowest BCUT2D eigenvalue weighted by Crippen LogP contribution is -2.08. The van der Waals surface area contributed by atoms with Crippen LogP contribution in [0, 0.1) is 27.7 Å². The Balaban J connectivity index is 1.61. The molecule has 1 aliphatic carbocycles. The van der Waals surface area contributed by atoms with Crippen LogP contribution in [0.15, 0.2) is 18.5 Å². The minimum absolute atomic E-state index is 0.0742. The molecular weight excluding hydrogens is 352 g/mol. The molecule has 0 amide bonds. The molecule has 0 aromatic carbocycles. The fourth-order valence-corrected chi connectivity index (χ4v) is 4.31. The van der Waals surface area contributed by atoms with E-state index >= 15 is 0 Å². The van der Waals surface area contributed by atoms with Crippen LogP contribution in [0.4, 0.5) is 0 Å². The summed E-state index contributed by atoms with van der Waals surface area (Å²) in [5.41, 5.74) is 6.93. The first-order chi connectivity index (χ1) is 13.3. The second-order valence-corrected chi connectivity index (χ2v) is 8.19. The maximum Gasteiger partial charge on any atom is 0.180 e. The summed E-state index contributed by atoms with van der Waals surface area (Å²) in [5.74, 6) is 1.93. The number of aryl methyl sites for hydroxylation is 4. The molecule has 1 saturated carbocycles. The third-order valence-electron chi connectivity index (χ3n) is 6.10. The highest BCUT2D eigenvalue weighted by molar-refractivity contribution is 5.59. The summed E-state index contributed by atoms with van der Waals surface area (Å²) in [6.07, 6.45) is 4.95. The van der Waals surface area contributed by atoms with Crippen molar-refractivity contribution in [2.75, 3.05) is 7.11 Å². The average Bonchev–Trinajstić information content (AvgIpc) is 3.02. The summed E-state index contributed by atoms with van der Waals surface area (Å²) in [7, 11) is 1.69. The molecule has 1 aliphatic rings. The van der Waals surface area contributed by atoms with E-state index in [4.69, 9.17) is 19.8 Å². The van der Waals surface area contributed by atoms with Crippen LogP contribution in [0.2, 0.25) is 0 Å². The molecule has 5 rings (SSSR count). The first-order valence-corrected chi connectivity index (χ1v) is 9.56. The lowest BCUT2D eigenvalue weighted by Gasteiger charge is -2.08. The third kappa shape index (κ3) is 2.22. The van der Waals surface area contributed by atoms with Crippen LogP contribution in [-0.2, 0) is 5.41 Å². The van der Waals surface area contributed by atoms with E-state index < -0.39 is 0 Å². The monoisotopic (exact) mass is 376 g/mol. The molecule has 7 heteroatoms. The Morgan fingerprint density at radius 2 is 1.93 bits per heavy atom. The summed E-state index contributed by atoms with van der Waals surface area (Å²) >= 11 is 0. The number of rotatable bonds is 3. The van der Waals surface area contributed by atoms with Gasteiger partial charge in [0.2, 0.25) is 0 Å². The van der Waals surface area contributed by atoms with Gasteiger partial charge in [0.15, 0.2) is 22.9 Å². The Kier molecular flexibility index (Phi) is 3.39. The third-order valence-corrected chi connectivity index (χ3v) is 6.10. The van der Waals surface area contributed by atoms with Gasteiger partial charge in [0, 0.05) is 29.4 Å². The highest BCUT2D eigenvalue weighted by Gasteiger charge is 2.56. The molecule has 0 bridgehead atoms. The Morgan fingerprint density at radius 3 is 2.64 bits per heavy atom. The normalized spacial score (nSPS) is 21.6. The molecule has 2 unspecified atom stereocenters. The maximum absolute atomic E-state index is 5.57. The van der Waals surface area contributed by atoms with Crippen molar-refractivity contribution in [3.05, 3.63) is 52.6 Å². The van der Waals surface area contributed by atoms with Gasteiger partial charge in [-0.3, -0.25) is 4.98 Å². The van der Waals surface area contributed by atoms with Gasteiger partial charge in [-0.05, 0) is 45.7 Å². The largest absolute Gasteiger partial charge is 0.493 e. The van der Waals surface area contributed by atoms with E-state index in [2.05, 4.69) is 36.4 Å². The molecule has 0 N–H and O–H groups in total. The highest BCUT2D eigenvalue weighted by atomic mass is 16.5. The van der Waals surface area contributed by atoms with Crippen molar-refractivity contribution in [1.82, 2.24) is 29.0 Å². The fourth-order valence-electron chi connectivity index (χ4n) is 4.31. The van der Waals surface area contributed by atoms with E-state index in [0.29, 0.717) is 0 Å². The summed E-state index contributed by atoms with van der Waals surface area (Å²) < 4.78 is 9.61. The number of fused-ring (bicyclic) bond motifs is 2. The molecule has 0 saturated heterocycles. The van der Waals surface area contributed by atoms with Crippen LogP contribution in [0.1, 0.15) is 53.4 Å². The van der Waals surface area contributed by atoms with Crippen LogP contribution in [-0.4, -0.2) is 36.1 Å². The average molecular weight is 376 g/mol. The van der Waals surface area contributed by atoms with Gasteiger partial charge in [0.25, 0.3) is 0 Å². The zero-order valence-electron chi connectivity index (χ0n) is 17.1. The summed E-state index contributed by atoms with van der Waals surface area (Å²) in [5, 5.41) is 4.79. The molecule has 4 heterocycles. The lowest BCUT2D eigenvalue weighted by molar-refractivity contribution is 0.416. The first kappa shape index (κ1) is 17.2. The van der Waals surface area contributed by atoms with E-state index in [1.165, 1.54) is 0 Å². The number of methoxy groups -OCH3 is 1. The summed E-state index contributed by atoms with van der Waals surface area (Å²) in [6.45, 7) is 10.4. The van der Waals surface area contributed by atoms with Gasteiger partial charge in [-0.1, -0.05) is 6.92 Å². The van der Waals surface area contributed by atoms with E-state index in [-0.39, 0.29) is 11.3 Å². The van der Waals surface area contributed by atoms with Crippen molar-refractivity contribution in [3.63, 3.8) is 0 Å². The predicted molar refractivity (Wildman–Crippen MR) is 106 cm³/mol. The molecule has 4 aromatic heterocycles. The topological polar surface area (TPSA) is 69.6 Å². The first-order valence-electron chi connectivity index (χ1n) is 9.56. The van der Waals surface area contributed by atoms with Crippen molar-refractivity contribution in [3.8, 4) is 5.75 Å². The number of aromatic nitrogens is 6. The Morgan fingerprint density at radius 1 is 1.14 bits per heavy atom. The number of pyridine rings is 1. The SMILES string of the molecule is COc1cc(C)cn2c(C)c(C3(C)CC3c3nc4c(C)ncc(C)n4n3)nc12. The molecule has 28 heavy (non-hydrogen) atoms. The molecule has 0 aliphatic heterocycles. The maximum atomic E-state index is 5.57. The van der Waals surface area contributed by atoms with Gasteiger partial charge in [0.05, 0.1) is 24.2 Å². The Hall–Kier alpha value is -2.96. The Labute approximate surface area is 163 Å². The molecular formula is C21H24N6O. The van der Waals surface area contributed by atoms with Crippen molar-refractivity contribution >= 4 is 11.3 Å². The number of ether oxygens (including phenoxy) is 1. The number of hydrogen-bond acceptors (Lipinski definition) is 5. The lowest BCUT2D eigenvalue weighted by atomic mass is 10.00. The van der Waals surface area contributed by atoms with Gasteiger partial charge in [0.1, 0.15) is 0 Å². The van der Waals surface area contributed by atoms with Gasteiger partial charge >= 0.3 is 0 Å². The number of imidazole rings is 1. The number of hydrogen-bond donors (Lipinski definition) is 0. The summed E-state index contributed by atoms with van der Waals surface area (Å²) in [6, 6.07) is 2.03. The second-order valence-electron chi connectivity index (χ2n) is 8.19. The van der Waals surface area contributed by atoms with Crippen molar-refractivity contribution in [2.24, 2.45) is 0 Å². The van der Waals surface area contributed by atoms with Crippen LogP contribution in [0.25, 0.3) is 11.3 Å². The van der Waals surface area contributed by atoms with Gasteiger partial charge in [-0.2, -0.15) is 5.10 Å². The molecule has 4 aromatic rings. The Bertz CT molecular complexity index is 1210. The number of nitrogens with zero attached hydrogens (tertiary/aromatic N) is 6. The summed E-state index contributed by atoms with van der Waals surface area (Å²) in [4.78, 5) is 14.2. The van der Waals surface area contributed by atoms with E-state index in [1.54, 1.807) is 7.11 Å².